The van der Waals surface area contributed by atoms with Crippen molar-refractivity contribution in [2.24, 2.45) is 0 Å². The summed E-state index contributed by atoms with van der Waals surface area (Å²) in [6.07, 6.45) is -0.426. The number of aliphatic hydroxyl groups excluding tert-OH is 1. The van der Waals surface area contributed by atoms with E-state index < -0.39 is 6.10 Å². The summed E-state index contributed by atoms with van der Waals surface area (Å²) in [5.74, 6) is 0. The summed E-state index contributed by atoms with van der Waals surface area (Å²) >= 11 is 1.58. The molecule has 1 unspecified atom stereocenters. The van der Waals surface area contributed by atoms with E-state index in [-0.39, 0.29) is 0 Å². The monoisotopic (exact) mass is 219 g/mol. The predicted octanol–water partition coefficient (Wildman–Crippen LogP) is 2.89. The number of hydrogen-bond donors (Lipinski definition) is 2. The third-order valence-electron chi connectivity index (χ3n) is 2.14. The van der Waals surface area contributed by atoms with Crippen LogP contribution in [-0.4, -0.2) is 11.7 Å². The molecular formula is C12H13NOS. The number of aliphatic hydroxyl groups is 1. The van der Waals surface area contributed by atoms with Gasteiger partial charge in [-0.05, 0) is 23.6 Å². The minimum Gasteiger partial charge on any atom is -0.386 e. The summed E-state index contributed by atoms with van der Waals surface area (Å²) in [5.41, 5.74) is 1.04. The molecule has 78 valence electrons. The van der Waals surface area contributed by atoms with Crippen LogP contribution in [0.15, 0.2) is 47.8 Å². The van der Waals surface area contributed by atoms with Crippen LogP contribution in [0.2, 0.25) is 0 Å². The number of rotatable bonds is 4. The molecule has 2 N–H and O–H groups in total. The van der Waals surface area contributed by atoms with Crippen LogP contribution in [0.1, 0.15) is 11.0 Å². The highest BCUT2D eigenvalue weighted by atomic mass is 32.1. The topological polar surface area (TPSA) is 32.3 Å². The third kappa shape index (κ3) is 2.81. The molecule has 2 rings (SSSR count). The Morgan fingerprint density at radius 2 is 1.93 bits per heavy atom. The molecule has 0 saturated heterocycles. The van der Waals surface area contributed by atoms with E-state index in [2.05, 4.69) is 5.32 Å². The van der Waals surface area contributed by atoms with Crippen molar-refractivity contribution < 1.29 is 5.11 Å². The normalized spacial score (nSPS) is 12.3. The number of benzene rings is 1. The Morgan fingerprint density at radius 3 is 2.60 bits per heavy atom. The minimum atomic E-state index is -0.426. The van der Waals surface area contributed by atoms with Gasteiger partial charge in [-0.15, -0.1) is 11.3 Å². The van der Waals surface area contributed by atoms with Gasteiger partial charge < -0.3 is 10.4 Å². The second kappa shape index (κ2) is 4.96. The molecule has 15 heavy (non-hydrogen) atoms. The highest BCUT2D eigenvalue weighted by molar-refractivity contribution is 7.10. The van der Waals surface area contributed by atoms with Gasteiger partial charge in [-0.3, -0.25) is 0 Å². The zero-order valence-electron chi connectivity index (χ0n) is 8.26. The van der Waals surface area contributed by atoms with E-state index in [1.807, 2.05) is 47.8 Å². The van der Waals surface area contributed by atoms with Gasteiger partial charge in [-0.25, -0.2) is 0 Å². The molecule has 0 aliphatic carbocycles. The first kappa shape index (κ1) is 10.2. The standard InChI is InChI=1S/C12H13NOS/c14-11(12-7-4-8-15-12)9-13-10-5-2-1-3-6-10/h1-8,11,13-14H,9H2. The SMILES string of the molecule is OC(CNc1ccccc1)c1cccs1. The van der Waals surface area contributed by atoms with Gasteiger partial charge in [0.2, 0.25) is 0 Å². The number of para-hydroxylation sites is 1. The van der Waals surface area contributed by atoms with E-state index in [0.29, 0.717) is 6.54 Å². The first-order valence-electron chi connectivity index (χ1n) is 4.86. The lowest BCUT2D eigenvalue weighted by atomic mass is 10.2. The number of anilines is 1. The smallest absolute Gasteiger partial charge is 0.105 e. The van der Waals surface area contributed by atoms with E-state index in [1.54, 1.807) is 11.3 Å². The molecule has 1 heterocycles. The Morgan fingerprint density at radius 1 is 1.13 bits per heavy atom. The average molecular weight is 219 g/mol. The largest absolute Gasteiger partial charge is 0.386 e. The highest BCUT2D eigenvalue weighted by Gasteiger charge is 2.07. The Hall–Kier alpha value is -1.32. The van der Waals surface area contributed by atoms with Crippen LogP contribution in [0.5, 0.6) is 0 Å². The van der Waals surface area contributed by atoms with Crippen LogP contribution in [0.4, 0.5) is 5.69 Å². The number of hydrogen-bond acceptors (Lipinski definition) is 3. The molecule has 0 aliphatic heterocycles. The fourth-order valence-corrected chi connectivity index (χ4v) is 2.06. The van der Waals surface area contributed by atoms with Gasteiger partial charge in [0.25, 0.3) is 0 Å². The fraction of sp³-hybridized carbons (Fsp3) is 0.167. The fourth-order valence-electron chi connectivity index (χ4n) is 1.35. The lowest BCUT2D eigenvalue weighted by Gasteiger charge is -2.10. The lowest BCUT2D eigenvalue weighted by molar-refractivity contribution is 0.195. The van der Waals surface area contributed by atoms with Gasteiger partial charge >= 0.3 is 0 Å². The summed E-state index contributed by atoms with van der Waals surface area (Å²) < 4.78 is 0. The van der Waals surface area contributed by atoms with Crippen molar-refractivity contribution in [3.63, 3.8) is 0 Å². The zero-order valence-corrected chi connectivity index (χ0v) is 9.08. The first-order valence-corrected chi connectivity index (χ1v) is 5.74. The number of nitrogens with one attached hydrogen (secondary N) is 1. The maximum Gasteiger partial charge on any atom is 0.105 e. The zero-order chi connectivity index (χ0) is 10.5. The Kier molecular flexibility index (Phi) is 3.37. The molecule has 3 heteroatoms. The van der Waals surface area contributed by atoms with Crippen LogP contribution in [0, 0.1) is 0 Å². The summed E-state index contributed by atoms with van der Waals surface area (Å²) in [4.78, 5) is 0.999. The molecule has 2 nitrogen and oxygen atoms in total. The van der Waals surface area contributed by atoms with Crippen LogP contribution in [0.25, 0.3) is 0 Å². The van der Waals surface area contributed by atoms with Gasteiger partial charge in [0.05, 0.1) is 0 Å². The average Bonchev–Trinajstić information content (AvgIpc) is 2.81. The van der Waals surface area contributed by atoms with Crippen molar-refractivity contribution in [3.05, 3.63) is 52.7 Å². The molecule has 1 aromatic heterocycles. The molecule has 2 aromatic rings. The summed E-state index contributed by atoms with van der Waals surface area (Å²) in [6, 6.07) is 13.8. The van der Waals surface area contributed by atoms with Crippen molar-refractivity contribution in [3.8, 4) is 0 Å². The van der Waals surface area contributed by atoms with E-state index >= 15 is 0 Å². The van der Waals surface area contributed by atoms with Crippen molar-refractivity contribution in [1.82, 2.24) is 0 Å². The Balaban J connectivity index is 1.89. The van der Waals surface area contributed by atoms with E-state index in [9.17, 15) is 5.11 Å². The van der Waals surface area contributed by atoms with E-state index in [1.165, 1.54) is 0 Å². The van der Waals surface area contributed by atoms with Crippen LogP contribution >= 0.6 is 11.3 Å². The molecule has 0 spiro atoms. The molecule has 0 aliphatic rings. The van der Waals surface area contributed by atoms with Crippen molar-refractivity contribution in [2.75, 3.05) is 11.9 Å². The second-order valence-electron chi connectivity index (χ2n) is 3.28. The quantitative estimate of drug-likeness (QED) is 0.828. The molecule has 0 fully saturated rings. The summed E-state index contributed by atoms with van der Waals surface area (Å²) in [7, 11) is 0. The molecule has 0 bridgehead atoms. The van der Waals surface area contributed by atoms with Crippen LogP contribution < -0.4 is 5.32 Å². The number of thiophene rings is 1. The molecular weight excluding hydrogens is 206 g/mol. The Bertz CT molecular complexity index is 385. The van der Waals surface area contributed by atoms with Gasteiger partial charge in [-0.1, -0.05) is 24.3 Å². The van der Waals surface area contributed by atoms with E-state index in [4.69, 9.17) is 0 Å². The maximum atomic E-state index is 9.82. The predicted molar refractivity (Wildman–Crippen MR) is 64.2 cm³/mol. The van der Waals surface area contributed by atoms with Crippen molar-refractivity contribution in [1.29, 1.82) is 0 Å². The second-order valence-corrected chi connectivity index (χ2v) is 4.26. The van der Waals surface area contributed by atoms with Gasteiger partial charge in [0, 0.05) is 17.1 Å². The maximum absolute atomic E-state index is 9.82. The van der Waals surface area contributed by atoms with Crippen molar-refractivity contribution >= 4 is 17.0 Å². The molecule has 1 aromatic carbocycles. The molecule has 1 atom stereocenters. The summed E-state index contributed by atoms with van der Waals surface area (Å²) in [5, 5.41) is 15.0. The Labute approximate surface area is 93.2 Å². The summed E-state index contributed by atoms with van der Waals surface area (Å²) in [6.45, 7) is 0.546. The third-order valence-corrected chi connectivity index (χ3v) is 3.12. The van der Waals surface area contributed by atoms with Gasteiger partial charge in [-0.2, -0.15) is 0 Å². The van der Waals surface area contributed by atoms with Crippen LogP contribution in [0.3, 0.4) is 0 Å². The highest BCUT2D eigenvalue weighted by Crippen LogP contribution is 2.19. The first-order chi connectivity index (χ1) is 7.36. The molecule has 0 amide bonds. The lowest BCUT2D eigenvalue weighted by Crippen LogP contribution is -2.10. The molecule has 0 radical (unpaired) electrons. The molecule has 0 saturated carbocycles. The van der Waals surface area contributed by atoms with Gasteiger partial charge in [0.15, 0.2) is 0 Å². The minimum absolute atomic E-state index is 0.426. The van der Waals surface area contributed by atoms with Gasteiger partial charge in [0.1, 0.15) is 6.10 Å². The van der Waals surface area contributed by atoms with E-state index in [0.717, 1.165) is 10.6 Å². The van der Waals surface area contributed by atoms with Crippen molar-refractivity contribution in [2.45, 2.75) is 6.10 Å². The van der Waals surface area contributed by atoms with Crippen LogP contribution in [-0.2, 0) is 0 Å².